The fourth-order valence-corrected chi connectivity index (χ4v) is 7.49. The summed E-state index contributed by atoms with van der Waals surface area (Å²) < 4.78 is 5.04. The number of aromatic nitrogens is 2. The lowest BCUT2D eigenvalue weighted by Crippen LogP contribution is -2.06. The van der Waals surface area contributed by atoms with Crippen molar-refractivity contribution in [3.8, 4) is 33.6 Å². The average molecular weight is 565 g/mol. The van der Waals surface area contributed by atoms with Gasteiger partial charge in [0.1, 0.15) is 0 Å². The summed E-state index contributed by atoms with van der Waals surface area (Å²) in [5, 5.41) is 3.98. The Morgan fingerprint density at radius 1 is 0.364 bits per heavy atom. The summed E-state index contributed by atoms with van der Waals surface area (Å²) in [6.07, 6.45) is 4.73. The van der Waals surface area contributed by atoms with Gasteiger partial charge in [-0.2, -0.15) is 0 Å². The summed E-state index contributed by atoms with van der Waals surface area (Å²) in [4.78, 5) is 0. The number of aryl methyl sites for hydroxylation is 1. The van der Waals surface area contributed by atoms with Gasteiger partial charge in [0.05, 0.1) is 16.6 Å². The summed E-state index contributed by atoms with van der Waals surface area (Å²) in [7, 11) is 0. The molecular formula is C42H32N2. The fourth-order valence-electron chi connectivity index (χ4n) is 7.49. The number of nitrogens with zero attached hydrogens (tertiary/aromatic N) is 2. The van der Waals surface area contributed by atoms with Crippen molar-refractivity contribution in [3.63, 3.8) is 0 Å². The molecule has 0 N–H and O–H groups in total. The molecule has 0 atom stereocenters. The van der Waals surface area contributed by atoms with Crippen LogP contribution >= 0.6 is 0 Å². The molecule has 0 radical (unpaired) electrons. The Kier molecular flexibility index (Phi) is 5.80. The number of rotatable bonds is 4. The van der Waals surface area contributed by atoms with Crippen molar-refractivity contribution < 1.29 is 0 Å². The van der Waals surface area contributed by atoms with Gasteiger partial charge >= 0.3 is 0 Å². The van der Waals surface area contributed by atoms with Crippen molar-refractivity contribution in [2.75, 3.05) is 0 Å². The Balaban J connectivity index is 1.32. The number of benzene rings is 6. The van der Waals surface area contributed by atoms with Crippen molar-refractivity contribution in [2.45, 2.75) is 25.7 Å². The minimum atomic E-state index is 1.11. The van der Waals surface area contributed by atoms with Crippen LogP contribution in [0.1, 0.15) is 24.1 Å². The maximum atomic E-state index is 2.57. The van der Waals surface area contributed by atoms with E-state index < -0.39 is 0 Å². The largest absolute Gasteiger partial charge is 0.313 e. The molecular weight excluding hydrogens is 532 g/mol. The van der Waals surface area contributed by atoms with Crippen LogP contribution in [0.3, 0.4) is 0 Å². The summed E-state index contributed by atoms with van der Waals surface area (Å²) in [5.74, 6) is 0. The zero-order chi connectivity index (χ0) is 29.0. The van der Waals surface area contributed by atoms with Crippen LogP contribution in [0.15, 0.2) is 146 Å². The summed E-state index contributed by atoms with van der Waals surface area (Å²) in [6.45, 7) is 0. The minimum absolute atomic E-state index is 1.11. The maximum Gasteiger partial charge on any atom is 0.0548 e. The van der Waals surface area contributed by atoms with E-state index in [2.05, 4.69) is 155 Å². The lowest BCUT2D eigenvalue weighted by atomic mass is 9.95. The van der Waals surface area contributed by atoms with Gasteiger partial charge in [-0.25, -0.2) is 0 Å². The van der Waals surface area contributed by atoms with E-state index >= 15 is 0 Å². The Morgan fingerprint density at radius 2 is 0.909 bits per heavy atom. The molecule has 44 heavy (non-hydrogen) atoms. The molecule has 0 amide bonds. The second-order valence-corrected chi connectivity index (χ2v) is 12.0. The molecule has 0 unspecified atom stereocenters. The van der Waals surface area contributed by atoms with E-state index in [1.807, 2.05) is 0 Å². The van der Waals surface area contributed by atoms with Gasteiger partial charge in [-0.1, -0.05) is 103 Å². The van der Waals surface area contributed by atoms with Crippen molar-refractivity contribution in [2.24, 2.45) is 0 Å². The van der Waals surface area contributed by atoms with Crippen LogP contribution < -0.4 is 0 Å². The molecule has 0 saturated heterocycles. The first-order chi connectivity index (χ1) is 21.8. The Bertz CT molecular complexity index is 2320. The monoisotopic (exact) mass is 564 g/mol. The van der Waals surface area contributed by atoms with Crippen molar-refractivity contribution in [1.29, 1.82) is 0 Å². The van der Waals surface area contributed by atoms with E-state index in [1.54, 1.807) is 0 Å². The SMILES string of the molecule is c1ccc(-c2cccc(-n3c4c(c5cc6c(cc53)c3ccccc3n6-c3cccc(-c5ccccc5)c3)CCCC4)c2)cc1. The highest BCUT2D eigenvalue weighted by molar-refractivity contribution is 6.14. The molecule has 0 fully saturated rings. The smallest absolute Gasteiger partial charge is 0.0548 e. The first-order valence-electron chi connectivity index (χ1n) is 15.7. The minimum Gasteiger partial charge on any atom is -0.313 e. The van der Waals surface area contributed by atoms with Gasteiger partial charge in [0.2, 0.25) is 0 Å². The highest BCUT2D eigenvalue weighted by Gasteiger charge is 2.24. The summed E-state index contributed by atoms with van der Waals surface area (Å²) in [5.41, 5.74) is 14.2. The Morgan fingerprint density at radius 3 is 1.61 bits per heavy atom. The second kappa shape index (κ2) is 10.1. The Labute approximate surface area is 257 Å². The topological polar surface area (TPSA) is 9.86 Å². The summed E-state index contributed by atoms with van der Waals surface area (Å²) in [6, 6.07) is 53.3. The van der Waals surface area contributed by atoms with E-state index in [0.29, 0.717) is 0 Å². The van der Waals surface area contributed by atoms with E-state index in [4.69, 9.17) is 0 Å². The molecule has 0 saturated carbocycles. The predicted octanol–water partition coefficient (Wildman–Crippen LogP) is 10.9. The first-order valence-corrected chi connectivity index (χ1v) is 15.7. The lowest BCUT2D eigenvalue weighted by molar-refractivity contribution is 0.667. The molecule has 9 rings (SSSR count). The number of fused-ring (bicyclic) bond motifs is 6. The number of hydrogen-bond donors (Lipinski definition) is 0. The predicted molar refractivity (Wildman–Crippen MR) is 185 cm³/mol. The molecule has 2 heterocycles. The number of para-hydroxylation sites is 1. The molecule has 6 aromatic carbocycles. The number of hydrogen-bond acceptors (Lipinski definition) is 0. The zero-order valence-corrected chi connectivity index (χ0v) is 24.6. The quantitative estimate of drug-likeness (QED) is 0.201. The van der Waals surface area contributed by atoms with Gasteiger partial charge in [0, 0.05) is 33.2 Å². The van der Waals surface area contributed by atoms with Gasteiger partial charge < -0.3 is 9.13 Å². The second-order valence-electron chi connectivity index (χ2n) is 12.0. The first kappa shape index (κ1) is 25.2. The standard InChI is InChI=1S/C42H32N2/c1-3-13-29(14-4-1)31-17-11-19-33(25-31)43-39-23-9-7-21-35(39)37-28-42-38(27-41(37)43)36-22-8-10-24-40(36)44(42)34-20-12-18-32(26-34)30-15-5-2-6-16-30/h1-7,9,11-21,23,25-28H,8,10,22,24H2. The zero-order valence-electron chi connectivity index (χ0n) is 24.6. The third-order valence-corrected chi connectivity index (χ3v) is 9.49. The van der Waals surface area contributed by atoms with Gasteiger partial charge in [0.25, 0.3) is 0 Å². The van der Waals surface area contributed by atoms with Crippen LogP contribution in [0.4, 0.5) is 0 Å². The van der Waals surface area contributed by atoms with Gasteiger partial charge in [0.15, 0.2) is 0 Å². The van der Waals surface area contributed by atoms with Crippen LogP contribution in [0, 0.1) is 0 Å². The van der Waals surface area contributed by atoms with Crippen LogP contribution in [0.25, 0.3) is 66.3 Å². The van der Waals surface area contributed by atoms with Crippen molar-refractivity contribution in [3.05, 3.63) is 157 Å². The third kappa shape index (κ3) is 3.95. The molecule has 0 aliphatic heterocycles. The molecule has 2 heteroatoms. The normalized spacial score (nSPS) is 13.1. The molecule has 1 aliphatic rings. The molecule has 0 spiro atoms. The average Bonchev–Trinajstić information content (AvgIpc) is 3.60. The fraction of sp³-hybridized carbons (Fsp3) is 0.0952. The lowest BCUT2D eigenvalue weighted by Gasteiger charge is -2.17. The highest BCUT2D eigenvalue weighted by atomic mass is 15.0. The van der Waals surface area contributed by atoms with E-state index in [0.717, 1.165) is 12.8 Å². The molecule has 2 aromatic heterocycles. The molecule has 0 bridgehead atoms. The Hall–Kier alpha value is -5.34. The van der Waals surface area contributed by atoms with Crippen molar-refractivity contribution >= 4 is 32.7 Å². The van der Waals surface area contributed by atoms with Crippen molar-refractivity contribution in [1.82, 2.24) is 9.13 Å². The van der Waals surface area contributed by atoms with Gasteiger partial charge in [-0.3, -0.25) is 0 Å². The van der Waals surface area contributed by atoms with Crippen LogP contribution in [-0.2, 0) is 12.8 Å². The van der Waals surface area contributed by atoms with E-state index in [9.17, 15) is 0 Å². The van der Waals surface area contributed by atoms with E-state index in [-0.39, 0.29) is 0 Å². The molecule has 1 aliphatic carbocycles. The molecule has 210 valence electrons. The highest BCUT2D eigenvalue weighted by Crippen LogP contribution is 2.41. The molecule has 2 nitrogen and oxygen atoms in total. The van der Waals surface area contributed by atoms with Gasteiger partial charge in [-0.05, 0) is 96.0 Å². The van der Waals surface area contributed by atoms with Gasteiger partial charge in [-0.15, -0.1) is 0 Å². The molecule has 8 aromatic rings. The maximum absolute atomic E-state index is 2.57. The van der Waals surface area contributed by atoms with Crippen LogP contribution in [0.2, 0.25) is 0 Å². The third-order valence-electron chi connectivity index (χ3n) is 9.49. The van der Waals surface area contributed by atoms with Crippen LogP contribution in [-0.4, -0.2) is 9.13 Å². The summed E-state index contributed by atoms with van der Waals surface area (Å²) >= 11 is 0. The van der Waals surface area contributed by atoms with E-state index in [1.165, 1.54) is 90.4 Å². The van der Waals surface area contributed by atoms with Crippen LogP contribution in [0.5, 0.6) is 0 Å².